The summed E-state index contributed by atoms with van der Waals surface area (Å²) in [7, 11) is 3.80. The van der Waals surface area contributed by atoms with Crippen LogP contribution in [-0.2, 0) is 5.41 Å². The molecule has 0 unspecified atom stereocenters. The molecule has 2 rings (SSSR count). The maximum atomic E-state index is 4.13. The molecule has 0 radical (unpaired) electrons. The van der Waals surface area contributed by atoms with Crippen molar-refractivity contribution in [2.75, 3.05) is 19.0 Å². The van der Waals surface area contributed by atoms with Gasteiger partial charge < -0.3 is 4.90 Å². The number of anilines is 1. The van der Waals surface area contributed by atoms with Gasteiger partial charge in [0, 0.05) is 30.9 Å². The van der Waals surface area contributed by atoms with Crippen LogP contribution in [0.25, 0.3) is 0 Å². The molecule has 3 heteroatoms. The van der Waals surface area contributed by atoms with Crippen molar-refractivity contribution in [1.29, 1.82) is 0 Å². The normalized spacial score (nSPS) is 20.0. The summed E-state index contributed by atoms with van der Waals surface area (Å²) in [5, 5.41) is 7.99. The molecule has 0 saturated carbocycles. The highest BCUT2D eigenvalue weighted by Gasteiger charge is 2.37. The molecule has 1 aromatic carbocycles. The lowest BCUT2D eigenvalue weighted by molar-refractivity contribution is 0.640. The van der Waals surface area contributed by atoms with E-state index in [1.807, 2.05) is 25.2 Å². The molecule has 1 aromatic rings. The average Bonchev–Trinajstić information content (AvgIpc) is 2.65. The molecule has 0 atom stereocenters. The number of hydrogen-bond acceptors (Lipinski definition) is 3. The fraction of sp³-hybridized carbons (Fsp3) is 0.333. The summed E-state index contributed by atoms with van der Waals surface area (Å²) in [4.78, 5) is 2.25. The predicted octanol–water partition coefficient (Wildman–Crippen LogP) is 4.84. The van der Waals surface area contributed by atoms with Crippen molar-refractivity contribution in [3.05, 3.63) is 65.5 Å². The Morgan fingerprint density at radius 3 is 2.57 bits per heavy atom. The molecule has 110 valence electrons. The van der Waals surface area contributed by atoms with Gasteiger partial charge >= 0.3 is 0 Å². The zero-order valence-electron chi connectivity index (χ0n) is 13.5. The summed E-state index contributed by atoms with van der Waals surface area (Å²) in [6, 6.07) is 8.56. The van der Waals surface area contributed by atoms with E-state index in [0.29, 0.717) is 0 Å². The van der Waals surface area contributed by atoms with Crippen LogP contribution in [0.2, 0.25) is 0 Å². The Hall–Kier alpha value is -2.16. The third-order valence-corrected chi connectivity index (χ3v) is 3.91. The summed E-state index contributed by atoms with van der Waals surface area (Å²) in [6.45, 7) is 6.49. The van der Waals surface area contributed by atoms with E-state index in [4.69, 9.17) is 0 Å². The van der Waals surface area contributed by atoms with Gasteiger partial charge in [-0.25, -0.2) is 0 Å². The fourth-order valence-electron chi connectivity index (χ4n) is 2.87. The lowest BCUT2D eigenvalue weighted by atomic mass is 9.84. The van der Waals surface area contributed by atoms with E-state index in [9.17, 15) is 0 Å². The molecule has 1 aliphatic heterocycles. The minimum Gasteiger partial charge on any atom is -0.347 e. The van der Waals surface area contributed by atoms with Gasteiger partial charge in [-0.05, 0) is 36.8 Å². The highest BCUT2D eigenvalue weighted by Crippen LogP contribution is 2.46. The van der Waals surface area contributed by atoms with Gasteiger partial charge in [0.1, 0.15) is 0 Å². The van der Waals surface area contributed by atoms with Crippen LogP contribution in [0.15, 0.2) is 70.2 Å². The summed E-state index contributed by atoms with van der Waals surface area (Å²) >= 11 is 0. The first-order valence-electron chi connectivity index (χ1n) is 7.20. The van der Waals surface area contributed by atoms with Crippen molar-refractivity contribution in [2.24, 2.45) is 10.2 Å². The molecule has 0 N–H and O–H groups in total. The molecular weight excluding hydrogens is 258 g/mol. The van der Waals surface area contributed by atoms with Crippen molar-refractivity contribution in [3.8, 4) is 0 Å². The monoisotopic (exact) mass is 281 g/mol. The molecule has 0 bridgehead atoms. The number of nitrogens with zero attached hydrogens (tertiary/aromatic N) is 3. The van der Waals surface area contributed by atoms with Gasteiger partial charge in [0.05, 0.1) is 5.70 Å². The van der Waals surface area contributed by atoms with Crippen LogP contribution in [0.4, 0.5) is 5.69 Å². The Balaban J connectivity index is 2.46. The van der Waals surface area contributed by atoms with E-state index >= 15 is 0 Å². The smallest absolute Gasteiger partial charge is 0.0849 e. The number of allylic oxidation sites excluding steroid dienone is 5. The first-order chi connectivity index (χ1) is 10.0. The minimum absolute atomic E-state index is 0.00770. The van der Waals surface area contributed by atoms with E-state index < -0.39 is 0 Å². The number of azo groups is 1. The van der Waals surface area contributed by atoms with Crippen LogP contribution in [0.5, 0.6) is 0 Å². The standard InChI is InChI=1S/C18H23N3/c1-6-9-14(20-19-4)12-13-17-18(2,3)15-10-7-8-11-16(15)21(17)5/h6-13H,1-5H3/b9-6+,14-12-,17-13-,20-19?. The minimum atomic E-state index is -0.00770. The second kappa shape index (κ2) is 6.08. The van der Waals surface area contributed by atoms with Crippen molar-refractivity contribution >= 4 is 5.69 Å². The molecule has 0 spiro atoms. The second-order valence-electron chi connectivity index (χ2n) is 5.64. The van der Waals surface area contributed by atoms with Gasteiger partial charge in [-0.2, -0.15) is 10.2 Å². The van der Waals surface area contributed by atoms with Crippen LogP contribution in [0.3, 0.4) is 0 Å². The Labute approximate surface area is 127 Å². The van der Waals surface area contributed by atoms with E-state index in [1.54, 1.807) is 7.05 Å². The summed E-state index contributed by atoms with van der Waals surface area (Å²) in [6.07, 6.45) is 8.09. The van der Waals surface area contributed by atoms with Crippen molar-refractivity contribution < 1.29 is 0 Å². The highest BCUT2D eigenvalue weighted by molar-refractivity contribution is 5.70. The maximum Gasteiger partial charge on any atom is 0.0849 e. The van der Waals surface area contributed by atoms with Crippen molar-refractivity contribution in [3.63, 3.8) is 0 Å². The average molecular weight is 281 g/mol. The highest BCUT2D eigenvalue weighted by atomic mass is 15.2. The maximum absolute atomic E-state index is 4.13. The molecule has 1 heterocycles. The molecule has 0 amide bonds. The Morgan fingerprint density at radius 1 is 1.24 bits per heavy atom. The molecule has 1 aliphatic rings. The number of fused-ring (bicyclic) bond motifs is 1. The topological polar surface area (TPSA) is 28.0 Å². The summed E-state index contributed by atoms with van der Waals surface area (Å²) in [5.74, 6) is 0. The van der Waals surface area contributed by atoms with Crippen molar-refractivity contribution in [1.82, 2.24) is 0 Å². The predicted molar refractivity (Wildman–Crippen MR) is 89.6 cm³/mol. The summed E-state index contributed by atoms with van der Waals surface area (Å²) in [5.41, 5.74) is 4.74. The molecule has 21 heavy (non-hydrogen) atoms. The lowest BCUT2D eigenvalue weighted by Gasteiger charge is -2.23. The molecule has 0 aromatic heterocycles. The molecule has 0 aliphatic carbocycles. The Kier molecular flexibility index (Phi) is 4.41. The molecule has 3 nitrogen and oxygen atoms in total. The third-order valence-electron chi connectivity index (χ3n) is 3.91. The Bertz CT molecular complexity index is 620. The quantitative estimate of drug-likeness (QED) is 0.575. The SMILES string of the molecule is C/C=C/C(=C/C=C1\N(C)c2ccccc2C1(C)C)N=NC. The second-order valence-corrected chi connectivity index (χ2v) is 5.64. The zero-order valence-corrected chi connectivity index (χ0v) is 13.5. The first-order valence-corrected chi connectivity index (χ1v) is 7.20. The van der Waals surface area contributed by atoms with Crippen molar-refractivity contribution in [2.45, 2.75) is 26.2 Å². The van der Waals surface area contributed by atoms with Gasteiger partial charge in [0.15, 0.2) is 0 Å². The number of benzene rings is 1. The van der Waals surface area contributed by atoms with Gasteiger partial charge in [0.25, 0.3) is 0 Å². The van der Waals surface area contributed by atoms with Gasteiger partial charge in [-0.15, -0.1) is 0 Å². The third kappa shape index (κ3) is 2.82. The number of para-hydroxylation sites is 1. The van der Waals surface area contributed by atoms with Gasteiger partial charge in [-0.3, -0.25) is 0 Å². The lowest BCUT2D eigenvalue weighted by Crippen LogP contribution is -2.22. The van der Waals surface area contributed by atoms with E-state index in [-0.39, 0.29) is 5.41 Å². The van der Waals surface area contributed by atoms with Crippen LogP contribution in [0, 0.1) is 0 Å². The van der Waals surface area contributed by atoms with E-state index in [2.05, 4.69) is 66.4 Å². The number of likely N-dealkylation sites (N-methyl/N-ethyl adjacent to an activating group) is 1. The fourth-order valence-corrected chi connectivity index (χ4v) is 2.87. The number of hydrogen-bond donors (Lipinski definition) is 0. The van der Waals surface area contributed by atoms with Crippen LogP contribution < -0.4 is 4.90 Å². The van der Waals surface area contributed by atoms with Gasteiger partial charge in [0.2, 0.25) is 0 Å². The first kappa shape index (κ1) is 15.2. The van der Waals surface area contributed by atoms with Crippen LogP contribution >= 0.6 is 0 Å². The number of rotatable bonds is 3. The largest absolute Gasteiger partial charge is 0.347 e. The van der Waals surface area contributed by atoms with Crippen LogP contribution in [0.1, 0.15) is 26.3 Å². The zero-order chi connectivity index (χ0) is 15.5. The van der Waals surface area contributed by atoms with Crippen LogP contribution in [-0.4, -0.2) is 14.1 Å². The summed E-state index contributed by atoms with van der Waals surface area (Å²) < 4.78 is 0. The Morgan fingerprint density at radius 2 is 1.95 bits per heavy atom. The van der Waals surface area contributed by atoms with Gasteiger partial charge in [-0.1, -0.05) is 38.1 Å². The van der Waals surface area contributed by atoms with E-state index in [1.165, 1.54) is 16.9 Å². The molecular formula is C18H23N3. The van der Waals surface area contributed by atoms with E-state index in [0.717, 1.165) is 5.70 Å². The molecule has 0 saturated heterocycles. The molecule has 0 fully saturated rings.